The first-order chi connectivity index (χ1) is 13.3. The zero-order chi connectivity index (χ0) is 19.7. The van der Waals surface area contributed by atoms with Gasteiger partial charge in [0, 0.05) is 0 Å². The van der Waals surface area contributed by atoms with Gasteiger partial charge in [-0.1, -0.05) is 12.1 Å². The van der Waals surface area contributed by atoms with E-state index in [-0.39, 0.29) is 36.2 Å². The lowest BCUT2D eigenvalue weighted by molar-refractivity contribution is -0.162. The summed E-state index contributed by atoms with van der Waals surface area (Å²) in [6, 6.07) is 7.15. The zero-order valence-corrected chi connectivity index (χ0v) is 14.8. The first-order valence-corrected chi connectivity index (χ1v) is 8.80. The van der Waals surface area contributed by atoms with Gasteiger partial charge < -0.3 is 10.1 Å². The maximum atomic E-state index is 13.5. The minimum Gasteiger partial charge on any atom is -0.497 e. The smallest absolute Gasteiger partial charge is 0.401 e. The Bertz CT molecular complexity index is 1130. The van der Waals surface area contributed by atoms with Crippen molar-refractivity contribution in [1.29, 1.82) is 0 Å². The molecule has 0 saturated heterocycles. The van der Waals surface area contributed by atoms with E-state index in [9.17, 15) is 18.0 Å². The van der Waals surface area contributed by atoms with E-state index >= 15 is 0 Å². The number of halogens is 3. The van der Waals surface area contributed by atoms with Crippen LogP contribution in [0.15, 0.2) is 35.3 Å². The number of benzene rings is 1. The lowest BCUT2D eigenvalue weighted by Crippen LogP contribution is -2.32. The first kappa shape index (κ1) is 17.1. The second kappa shape index (κ2) is 5.49. The summed E-state index contributed by atoms with van der Waals surface area (Å²) >= 11 is 0. The SMILES string of the molecule is COc1ccc([C@@H]2Cn3c(nn4c(C5(C(F)(F)F)CC5)ncc4c3=O)N2)cc1. The number of fused-ring (bicyclic) bond motifs is 2. The molecule has 5 rings (SSSR count). The highest BCUT2D eigenvalue weighted by atomic mass is 19.4. The minimum absolute atomic E-state index is 0.0440. The van der Waals surface area contributed by atoms with Crippen LogP contribution >= 0.6 is 0 Å². The van der Waals surface area contributed by atoms with Crippen molar-refractivity contribution in [3.63, 3.8) is 0 Å². The van der Waals surface area contributed by atoms with Crippen LogP contribution in [0, 0.1) is 0 Å². The quantitative estimate of drug-likeness (QED) is 0.743. The third-order valence-electron chi connectivity index (χ3n) is 5.56. The van der Waals surface area contributed by atoms with Gasteiger partial charge in [0.25, 0.3) is 5.56 Å². The Hall–Kier alpha value is -3.04. The van der Waals surface area contributed by atoms with Crippen molar-refractivity contribution in [3.8, 4) is 5.75 Å². The molecule has 1 N–H and O–H groups in total. The third kappa shape index (κ3) is 2.26. The monoisotopic (exact) mass is 391 g/mol. The molecular weight excluding hydrogens is 375 g/mol. The standard InChI is InChI=1S/C18H16F3N5O2/c1-28-11-4-2-10(3-5-11)12-9-25-14(27)13-8-22-15(26(13)24-16(25)23-12)17(6-7-17)18(19,20)21/h2-5,8,12H,6-7,9H2,1H3,(H,23,24)/t12-/m0/s1. The highest BCUT2D eigenvalue weighted by Crippen LogP contribution is 2.58. The molecule has 1 aliphatic heterocycles. The normalized spacial score (nSPS) is 20.1. The van der Waals surface area contributed by atoms with Gasteiger partial charge in [-0.3, -0.25) is 9.36 Å². The predicted octanol–water partition coefficient (Wildman–Crippen LogP) is 2.66. The van der Waals surface area contributed by atoms with Crippen LogP contribution in [0.3, 0.4) is 0 Å². The Balaban J connectivity index is 1.56. The lowest BCUT2D eigenvalue weighted by Gasteiger charge is -2.17. The Morgan fingerprint density at radius 3 is 2.57 bits per heavy atom. The van der Waals surface area contributed by atoms with E-state index in [1.54, 1.807) is 7.11 Å². The predicted molar refractivity (Wildman–Crippen MR) is 93.6 cm³/mol. The van der Waals surface area contributed by atoms with Crippen molar-refractivity contribution < 1.29 is 17.9 Å². The van der Waals surface area contributed by atoms with Crippen LogP contribution in [0.4, 0.5) is 19.1 Å². The number of methoxy groups -OCH3 is 1. The van der Waals surface area contributed by atoms with Gasteiger partial charge >= 0.3 is 6.18 Å². The number of alkyl halides is 3. The number of ether oxygens (including phenoxy) is 1. The molecule has 10 heteroatoms. The van der Waals surface area contributed by atoms with Gasteiger partial charge in [-0.15, -0.1) is 5.10 Å². The van der Waals surface area contributed by atoms with Gasteiger partial charge in [-0.25, -0.2) is 9.50 Å². The first-order valence-electron chi connectivity index (χ1n) is 8.80. The summed E-state index contributed by atoms with van der Waals surface area (Å²) in [5, 5.41) is 7.42. The van der Waals surface area contributed by atoms with Crippen LogP contribution in [0.25, 0.3) is 5.52 Å². The van der Waals surface area contributed by atoms with Crippen LogP contribution < -0.4 is 15.6 Å². The van der Waals surface area contributed by atoms with Crippen LogP contribution in [-0.4, -0.2) is 32.5 Å². The van der Waals surface area contributed by atoms with E-state index in [0.29, 0.717) is 12.3 Å². The highest BCUT2D eigenvalue weighted by Gasteiger charge is 2.67. The summed E-state index contributed by atoms with van der Waals surface area (Å²) in [6.45, 7) is 0.328. The number of hydrogen-bond acceptors (Lipinski definition) is 5. The van der Waals surface area contributed by atoms with E-state index in [4.69, 9.17) is 4.74 Å². The molecular formula is C18H16F3N5O2. The summed E-state index contributed by atoms with van der Waals surface area (Å²) in [4.78, 5) is 16.7. The van der Waals surface area contributed by atoms with E-state index < -0.39 is 17.2 Å². The largest absolute Gasteiger partial charge is 0.497 e. The molecule has 1 saturated carbocycles. The van der Waals surface area contributed by atoms with Crippen molar-refractivity contribution in [2.24, 2.45) is 0 Å². The Morgan fingerprint density at radius 2 is 1.96 bits per heavy atom. The van der Waals surface area contributed by atoms with Gasteiger partial charge in [0.2, 0.25) is 5.95 Å². The highest BCUT2D eigenvalue weighted by molar-refractivity contribution is 5.49. The van der Waals surface area contributed by atoms with E-state index in [0.717, 1.165) is 10.1 Å². The minimum atomic E-state index is -4.43. The van der Waals surface area contributed by atoms with Crippen molar-refractivity contribution >= 4 is 11.5 Å². The molecule has 1 fully saturated rings. The molecule has 1 aromatic carbocycles. The van der Waals surface area contributed by atoms with Gasteiger partial charge in [-0.05, 0) is 30.5 Å². The Labute approximate surface area is 156 Å². The molecule has 1 atom stereocenters. The molecule has 7 nitrogen and oxygen atoms in total. The molecule has 0 radical (unpaired) electrons. The van der Waals surface area contributed by atoms with Crippen LogP contribution in [-0.2, 0) is 12.0 Å². The molecule has 0 spiro atoms. The molecule has 0 amide bonds. The van der Waals surface area contributed by atoms with Crippen molar-refractivity contribution in [2.75, 3.05) is 12.4 Å². The van der Waals surface area contributed by atoms with Crippen molar-refractivity contribution in [2.45, 2.75) is 37.0 Å². The van der Waals surface area contributed by atoms with E-state index in [2.05, 4.69) is 15.4 Å². The van der Waals surface area contributed by atoms with Crippen molar-refractivity contribution in [1.82, 2.24) is 19.2 Å². The number of hydrogen-bond donors (Lipinski definition) is 1. The number of nitrogens with zero attached hydrogens (tertiary/aromatic N) is 4. The van der Waals surface area contributed by atoms with E-state index in [1.807, 2.05) is 24.3 Å². The molecule has 1 aliphatic carbocycles. The second-order valence-electron chi connectivity index (χ2n) is 7.17. The number of rotatable bonds is 3. The fraction of sp³-hybridized carbons (Fsp3) is 0.389. The molecule has 3 aromatic rings. The van der Waals surface area contributed by atoms with Crippen LogP contribution in [0.1, 0.15) is 30.3 Å². The summed E-state index contributed by atoms with van der Waals surface area (Å²) in [7, 11) is 1.57. The maximum absolute atomic E-state index is 13.5. The fourth-order valence-corrected chi connectivity index (χ4v) is 3.75. The van der Waals surface area contributed by atoms with E-state index in [1.165, 1.54) is 10.8 Å². The average Bonchev–Trinajstić information content (AvgIpc) is 3.21. The van der Waals surface area contributed by atoms with Gasteiger partial charge in [0.1, 0.15) is 17.0 Å². The Morgan fingerprint density at radius 1 is 1.25 bits per heavy atom. The number of aromatic nitrogens is 4. The van der Waals surface area contributed by atoms with Crippen LogP contribution in [0.5, 0.6) is 5.75 Å². The lowest BCUT2D eigenvalue weighted by atomic mass is 10.1. The molecule has 2 aromatic heterocycles. The number of imidazole rings is 1. The molecule has 0 unspecified atom stereocenters. The topological polar surface area (TPSA) is 73.5 Å². The zero-order valence-electron chi connectivity index (χ0n) is 14.8. The average molecular weight is 391 g/mol. The van der Waals surface area contributed by atoms with Crippen LogP contribution in [0.2, 0.25) is 0 Å². The summed E-state index contributed by atoms with van der Waals surface area (Å²) in [5.41, 5.74) is -1.45. The van der Waals surface area contributed by atoms with Gasteiger partial charge in [-0.2, -0.15) is 13.2 Å². The molecule has 28 heavy (non-hydrogen) atoms. The van der Waals surface area contributed by atoms with Gasteiger partial charge in [0.05, 0.1) is 25.9 Å². The number of nitrogens with one attached hydrogen (secondary N) is 1. The van der Waals surface area contributed by atoms with Crippen molar-refractivity contribution in [3.05, 3.63) is 52.2 Å². The second-order valence-corrected chi connectivity index (χ2v) is 7.17. The molecule has 146 valence electrons. The summed E-state index contributed by atoms with van der Waals surface area (Å²) < 4.78 is 48.2. The maximum Gasteiger partial charge on any atom is 0.401 e. The Kier molecular flexibility index (Phi) is 3.35. The number of anilines is 1. The molecule has 2 aliphatic rings. The third-order valence-corrected chi connectivity index (χ3v) is 5.56. The fourth-order valence-electron chi connectivity index (χ4n) is 3.75. The molecule has 3 heterocycles. The summed E-state index contributed by atoms with van der Waals surface area (Å²) in [5.74, 6) is 0.724. The van der Waals surface area contributed by atoms with Gasteiger partial charge in [0.15, 0.2) is 5.52 Å². The summed E-state index contributed by atoms with van der Waals surface area (Å²) in [6.07, 6.45) is -3.33. The molecule has 0 bridgehead atoms.